The Morgan fingerprint density at radius 3 is 0.616 bits per heavy atom. The Balaban J connectivity index is 0.000000111. The average Bonchev–Trinajstić information content (AvgIpc) is 0.791. The second-order valence-electron chi connectivity index (χ2n) is 39.8. The number of nitrogens with zero attached hydrogens (tertiary/aromatic N) is 18. The highest BCUT2D eigenvalue weighted by Crippen LogP contribution is 2.43. The molecule has 0 amide bonds. The van der Waals surface area contributed by atoms with Crippen LogP contribution in [0.15, 0.2) is 276 Å². The quantitative estimate of drug-likeness (QED) is 0.0605. The fourth-order valence-corrected chi connectivity index (χ4v) is 30.7. The summed E-state index contributed by atoms with van der Waals surface area (Å²) in [5, 5.41) is 18.0. The number of para-hydroxylation sites is 8. The molecule has 12 aromatic carbocycles. The molecular formula is C118H148Br2ClFN18P6. The summed E-state index contributed by atoms with van der Waals surface area (Å²) in [6, 6.07) is 95.8. The molecule has 12 aliphatic rings. The minimum Gasteiger partial charge on any atom is -0.339 e. The first-order valence-electron chi connectivity index (χ1n) is 53.4. The molecule has 12 aromatic rings. The Morgan fingerprint density at radius 1 is 0.205 bits per heavy atom. The van der Waals surface area contributed by atoms with Gasteiger partial charge in [0, 0.05) is 359 Å². The van der Waals surface area contributed by atoms with Gasteiger partial charge < -0.3 is 58.8 Å². The molecule has 0 N–H and O–H groups in total. The molecule has 6 saturated heterocycles. The van der Waals surface area contributed by atoms with E-state index in [1.54, 1.807) is 12.1 Å². The van der Waals surface area contributed by atoms with Crippen LogP contribution in [0.2, 0.25) is 5.02 Å². The lowest BCUT2D eigenvalue weighted by Crippen LogP contribution is -2.48. The van der Waals surface area contributed by atoms with Crippen molar-refractivity contribution >= 4 is 227 Å². The number of fused-ring (bicyclic) bond motifs is 12. The molecule has 0 saturated carbocycles. The fraction of sp³-hybridized carbons (Fsp3) is 0.390. The Kier molecular flexibility index (Phi) is 38.8. The molecular weight excluding hydrogens is 2070 g/mol. The lowest BCUT2D eigenvalue weighted by atomic mass is 10.2. The van der Waals surface area contributed by atoms with E-state index in [4.69, 9.17) is 11.6 Å². The summed E-state index contributed by atoms with van der Waals surface area (Å²) in [4.78, 5) is 45.4. The van der Waals surface area contributed by atoms with Crippen LogP contribution in [0.25, 0.3) is 0 Å². The predicted molar refractivity (Wildman–Crippen MR) is 647 cm³/mol. The molecule has 4 atom stereocenters. The maximum atomic E-state index is 13.9. The summed E-state index contributed by atoms with van der Waals surface area (Å²) >= 11 is 13.6. The number of piperazine rings is 6. The van der Waals surface area contributed by atoms with Crippen LogP contribution in [0.4, 0.5) is 72.6 Å². The number of halogens is 4. The zero-order chi connectivity index (χ0) is 100. The Hall–Kier alpha value is -7.28. The van der Waals surface area contributed by atoms with Crippen molar-refractivity contribution in [3.8, 4) is 0 Å². The third-order valence-electron chi connectivity index (χ3n) is 30.9. The number of anilines is 12. The molecule has 4 unspecified atom stereocenters. The van der Waals surface area contributed by atoms with Crippen LogP contribution >= 0.6 is 94.9 Å². The average molecular weight is 2220 g/mol. The highest BCUT2D eigenvalue weighted by Gasteiger charge is 2.33. The minimum absolute atomic E-state index is 0.149. The van der Waals surface area contributed by atoms with Crippen molar-refractivity contribution in [1.82, 2.24) is 58.8 Å². The van der Waals surface area contributed by atoms with Gasteiger partial charge in [-0.05, 0) is 143 Å². The highest BCUT2D eigenvalue weighted by atomic mass is 79.9. The summed E-state index contributed by atoms with van der Waals surface area (Å²) in [5.41, 5.74) is 16.1. The van der Waals surface area contributed by atoms with Crippen molar-refractivity contribution in [2.75, 3.05) is 305 Å². The lowest BCUT2D eigenvalue weighted by Gasteiger charge is -2.38. The zero-order valence-corrected chi connectivity index (χ0v) is 96.2. The largest absolute Gasteiger partial charge is 0.339 e. The van der Waals surface area contributed by atoms with Gasteiger partial charge in [-0.2, -0.15) is 0 Å². The van der Waals surface area contributed by atoms with Gasteiger partial charge in [-0.3, -0.25) is 29.4 Å². The monoisotopic (exact) mass is 2210 g/mol. The molecule has 12 heterocycles. The molecule has 0 radical (unpaired) electrons. The third kappa shape index (κ3) is 27.5. The first-order chi connectivity index (χ1) is 71.6. The van der Waals surface area contributed by atoms with E-state index in [1.165, 1.54) is 277 Å². The van der Waals surface area contributed by atoms with Gasteiger partial charge in [-0.25, -0.2) is 4.39 Å². The van der Waals surface area contributed by atoms with E-state index in [0.717, 1.165) is 165 Å². The van der Waals surface area contributed by atoms with Gasteiger partial charge in [0.1, 0.15) is 5.82 Å². The van der Waals surface area contributed by atoms with E-state index in [2.05, 4.69) is 405 Å². The minimum atomic E-state index is -0.149. The molecule has 28 heteroatoms. The van der Waals surface area contributed by atoms with Crippen molar-refractivity contribution in [1.29, 1.82) is 0 Å². The Labute approximate surface area is 902 Å². The summed E-state index contributed by atoms with van der Waals surface area (Å²) in [7, 11) is 8.80. The molecule has 18 nitrogen and oxygen atoms in total. The van der Waals surface area contributed by atoms with Gasteiger partial charge in [0.2, 0.25) is 0 Å². The molecule has 0 spiro atoms. The van der Waals surface area contributed by atoms with Gasteiger partial charge in [-0.15, -0.1) is 0 Å². The SMILES string of the molecule is CCN1CCN(CCN2c3ccccc3Pc3ccc(Br)cc32)CC1.CCN1CCN(CCN2c3ccccc3Pc3ccc(Cl)cc32)CC1.CCN1CCN(CCN2c3ccccc3Pc3ccc(F)cc32)CC1.CCN1CCN(CCN2c3ccccc3Pc3ccccc32)CC1.CN1CCN(CCN2c3ccccc3Pc3ccc(Br)cc32)CC1.CN1CCN(CCN2c3ccccc3Pc3ccccc32)CC1. The third-order valence-corrected chi connectivity index (χ3v) is 40.4. The number of rotatable bonds is 22. The fourth-order valence-electron chi connectivity index (χ4n) is 21.9. The molecule has 12 aliphatic heterocycles. The molecule has 146 heavy (non-hydrogen) atoms. The Bertz CT molecular complexity index is 5880. The van der Waals surface area contributed by atoms with Crippen LogP contribution in [0.5, 0.6) is 0 Å². The van der Waals surface area contributed by atoms with Crippen molar-refractivity contribution in [3.05, 3.63) is 287 Å². The van der Waals surface area contributed by atoms with E-state index in [-0.39, 0.29) is 5.82 Å². The molecule has 0 aliphatic carbocycles. The number of hydrogen-bond donors (Lipinski definition) is 0. The number of hydrogen-bond acceptors (Lipinski definition) is 18. The summed E-state index contributed by atoms with van der Waals surface area (Å²) < 4.78 is 16.2. The van der Waals surface area contributed by atoms with Crippen LogP contribution in [0.1, 0.15) is 27.7 Å². The number of benzene rings is 12. The van der Waals surface area contributed by atoms with Crippen molar-refractivity contribution in [2.24, 2.45) is 0 Å². The second kappa shape index (κ2) is 52.8. The summed E-state index contributed by atoms with van der Waals surface area (Å²) in [5.74, 6) is -0.149. The molecule has 24 rings (SSSR count). The normalized spacial score (nSPS) is 18.9. The van der Waals surface area contributed by atoms with E-state index >= 15 is 0 Å². The first kappa shape index (κ1) is 107. The van der Waals surface area contributed by atoms with Crippen molar-refractivity contribution in [2.45, 2.75) is 27.7 Å². The van der Waals surface area contributed by atoms with Crippen molar-refractivity contribution in [3.63, 3.8) is 0 Å². The van der Waals surface area contributed by atoms with E-state index in [9.17, 15) is 4.39 Å². The van der Waals surface area contributed by atoms with Crippen LogP contribution < -0.4 is 93.1 Å². The van der Waals surface area contributed by atoms with Gasteiger partial charge in [-0.1, -0.05) is 286 Å². The first-order valence-corrected chi connectivity index (χ1v) is 61.3. The predicted octanol–water partition coefficient (Wildman–Crippen LogP) is 16.0. The maximum absolute atomic E-state index is 13.9. The van der Waals surface area contributed by atoms with Gasteiger partial charge >= 0.3 is 0 Å². The molecule has 0 bridgehead atoms. The summed E-state index contributed by atoms with van der Waals surface area (Å²) in [6.45, 7) is 54.9. The van der Waals surface area contributed by atoms with E-state index in [0.29, 0.717) is 17.2 Å². The van der Waals surface area contributed by atoms with E-state index < -0.39 is 0 Å². The van der Waals surface area contributed by atoms with Crippen LogP contribution in [0.3, 0.4) is 0 Å². The van der Waals surface area contributed by atoms with E-state index in [1.807, 2.05) is 12.1 Å². The Morgan fingerprint density at radius 2 is 0.384 bits per heavy atom. The van der Waals surface area contributed by atoms with Gasteiger partial charge in [0.15, 0.2) is 0 Å². The smallest absolute Gasteiger partial charge is 0.125 e. The molecule has 768 valence electrons. The standard InChI is InChI=1S/C20H25BrN3P.C20H25ClN3P.C20H25FN3P.C20H26N3P.C19H23BrN3P.C19H24N3P/c3*1-2-22-9-11-23(12-10-22)13-14-24-17-5-3-4-6-19(17)25-20-8-7-16(21)15-18(20)24;1-2-21-11-13-22(14-12-21)15-16-23-17-7-3-5-9-19(17)24-20-10-6-4-8-18(20)23;1-21-8-10-22(11-9-21)12-13-23-16-4-2-3-5-18(16)24-19-7-6-15(20)14-17(19)23;1-20-10-12-21(13-11-20)14-15-22-16-6-2-4-8-18(16)23-19-9-5-3-7-17(19)22/h3*3-8,15,25H,2,9-14H2,1H3;3-10,24H,2,11-16H2,1H3;2-7,14,24H,8-13H2,1H3;2-9,23H,10-15H2,1H3. The molecule has 0 aromatic heterocycles. The van der Waals surface area contributed by atoms with Crippen LogP contribution in [-0.2, 0) is 0 Å². The second-order valence-corrected chi connectivity index (χ2v) is 50.1. The molecule has 6 fully saturated rings. The van der Waals surface area contributed by atoms with Crippen LogP contribution in [0, 0.1) is 5.82 Å². The lowest BCUT2D eigenvalue weighted by molar-refractivity contribution is 0.140. The highest BCUT2D eigenvalue weighted by molar-refractivity contribution is 9.10. The van der Waals surface area contributed by atoms with Gasteiger partial charge in [0.05, 0.1) is 22.7 Å². The summed E-state index contributed by atoms with van der Waals surface area (Å²) in [6.07, 6.45) is 0. The topological polar surface area (TPSA) is 58.3 Å². The maximum Gasteiger partial charge on any atom is 0.125 e. The van der Waals surface area contributed by atoms with Crippen LogP contribution in [-0.4, -0.2) is 335 Å². The zero-order valence-electron chi connectivity index (χ0n) is 86.2. The number of likely N-dealkylation sites (N-methyl/N-ethyl adjacent to an activating group) is 6. The van der Waals surface area contributed by atoms with Gasteiger partial charge in [0.25, 0.3) is 0 Å². The van der Waals surface area contributed by atoms with Crippen molar-refractivity contribution < 1.29 is 4.39 Å².